The number of morpholine rings is 1. The molecule has 0 spiro atoms. The first-order valence-corrected chi connectivity index (χ1v) is 8.19. The van der Waals surface area contributed by atoms with E-state index in [0.29, 0.717) is 26.3 Å². The lowest BCUT2D eigenvalue weighted by Gasteiger charge is -2.31. The second-order valence-electron chi connectivity index (χ2n) is 6.08. The fraction of sp³-hybridized carbons (Fsp3) is 0.444. The molecule has 2 heterocycles. The Kier molecular flexibility index (Phi) is 4.97. The Labute approximate surface area is 141 Å². The molecule has 1 N–H and O–H groups in total. The Bertz CT molecular complexity index is 650. The van der Waals surface area contributed by atoms with Crippen molar-refractivity contribution in [3.05, 3.63) is 47.2 Å². The molecule has 1 atom stereocenters. The van der Waals surface area contributed by atoms with Gasteiger partial charge in [-0.3, -0.25) is 14.5 Å². The van der Waals surface area contributed by atoms with E-state index < -0.39 is 17.7 Å². The standard InChI is InChI=1S/C18H22N2O4/c1-13(21)15-16(14-5-3-2-4-6-14)20(18(23)17(15)22)8-7-19-9-11-24-12-10-19/h2-6,16,22H,7-12H2,1H3/t16-/m0/s1. The quantitative estimate of drug-likeness (QED) is 0.881. The number of benzene rings is 1. The zero-order chi connectivity index (χ0) is 17.1. The summed E-state index contributed by atoms with van der Waals surface area (Å²) >= 11 is 0. The summed E-state index contributed by atoms with van der Waals surface area (Å²) in [5.41, 5.74) is 1.02. The first-order chi connectivity index (χ1) is 11.6. The smallest absolute Gasteiger partial charge is 0.290 e. The van der Waals surface area contributed by atoms with Crippen molar-refractivity contribution in [2.45, 2.75) is 13.0 Å². The number of carbonyl (C=O) groups excluding carboxylic acids is 2. The van der Waals surface area contributed by atoms with Gasteiger partial charge in [0.2, 0.25) is 0 Å². The number of Topliss-reactive ketones (excluding diaryl/α,β-unsaturated/α-hetero) is 1. The van der Waals surface area contributed by atoms with Crippen molar-refractivity contribution in [2.75, 3.05) is 39.4 Å². The van der Waals surface area contributed by atoms with Crippen LogP contribution < -0.4 is 0 Å². The van der Waals surface area contributed by atoms with E-state index >= 15 is 0 Å². The molecule has 3 rings (SSSR count). The summed E-state index contributed by atoms with van der Waals surface area (Å²) in [6.07, 6.45) is 0. The van der Waals surface area contributed by atoms with Gasteiger partial charge in [-0.25, -0.2) is 0 Å². The minimum atomic E-state index is -0.516. The summed E-state index contributed by atoms with van der Waals surface area (Å²) in [5, 5.41) is 10.2. The lowest BCUT2D eigenvalue weighted by Crippen LogP contribution is -2.43. The molecule has 1 amide bonds. The van der Waals surface area contributed by atoms with Gasteiger partial charge in [-0.05, 0) is 12.5 Å². The van der Waals surface area contributed by atoms with E-state index in [1.165, 1.54) is 6.92 Å². The highest BCUT2D eigenvalue weighted by Crippen LogP contribution is 2.37. The van der Waals surface area contributed by atoms with E-state index in [-0.39, 0.29) is 11.4 Å². The average molecular weight is 330 g/mol. The molecular formula is C18H22N2O4. The van der Waals surface area contributed by atoms with Crippen LogP contribution in [0.2, 0.25) is 0 Å². The predicted octanol–water partition coefficient (Wildman–Crippen LogP) is 1.30. The lowest BCUT2D eigenvalue weighted by atomic mass is 9.97. The number of ether oxygens (including phenoxy) is 1. The van der Waals surface area contributed by atoms with Gasteiger partial charge in [0.15, 0.2) is 11.5 Å². The Morgan fingerprint density at radius 3 is 2.50 bits per heavy atom. The molecule has 1 aromatic carbocycles. The zero-order valence-electron chi connectivity index (χ0n) is 13.8. The van der Waals surface area contributed by atoms with Crippen molar-refractivity contribution in [1.29, 1.82) is 0 Å². The summed E-state index contributed by atoms with van der Waals surface area (Å²) in [6, 6.07) is 8.86. The van der Waals surface area contributed by atoms with Crippen LogP contribution in [0, 0.1) is 0 Å². The van der Waals surface area contributed by atoms with Crippen LogP contribution in [0.4, 0.5) is 0 Å². The minimum Gasteiger partial charge on any atom is -0.503 e. The molecule has 1 saturated heterocycles. The molecule has 24 heavy (non-hydrogen) atoms. The first-order valence-electron chi connectivity index (χ1n) is 8.19. The maximum atomic E-state index is 12.5. The van der Waals surface area contributed by atoms with Gasteiger partial charge in [-0.2, -0.15) is 0 Å². The Hall–Kier alpha value is -2.18. The van der Waals surface area contributed by atoms with Crippen molar-refractivity contribution < 1.29 is 19.4 Å². The third-order valence-corrected chi connectivity index (χ3v) is 4.56. The van der Waals surface area contributed by atoms with Gasteiger partial charge in [0.25, 0.3) is 5.91 Å². The summed E-state index contributed by atoms with van der Waals surface area (Å²) in [4.78, 5) is 28.3. The van der Waals surface area contributed by atoms with E-state index in [1.807, 2.05) is 30.3 Å². The van der Waals surface area contributed by atoms with Crippen molar-refractivity contribution in [3.63, 3.8) is 0 Å². The van der Waals surface area contributed by atoms with Crippen LogP contribution in [0.1, 0.15) is 18.5 Å². The van der Waals surface area contributed by atoms with Crippen LogP contribution in [-0.4, -0.2) is 66.0 Å². The molecule has 1 fully saturated rings. The second kappa shape index (κ2) is 7.15. The van der Waals surface area contributed by atoms with Crippen LogP contribution in [0.25, 0.3) is 0 Å². The topological polar surface area (TPSA) is 70.1 Å². The van der Waals surface area contributed by atoms with Crippen molar-refractivity contribution in [2.24, 2.45) is 0 Å². The second-order valence-corrected chi connectivity index (χ2v) is 6.08. The molecule has 0 aliphatic carbocycles. The number of rotatable bonds is 5. The number of nitrogens with zero attached hydrogens (tertiary/aromatic N) is 2. The van der Waals surface area contributed by atoms with E-state index in [4.69, 9.17) is 4.74 Å². The predicted molar refractivity (Wildman–Crippen MR) is 88.5 cm³/mol. The molecule has 1 aromatic rings. The molecule has 6 heteroatoms. The van der Waals surface area contributed by atoms with Gasteiger partial charge >= 0.3 is 0 Å². The summed E-state index contributed by atoms with van der Waals surface area (Å²) in [6.45, 7) is 5.58. The number of carbonyl (C=O) groups is 2. The molecule has 6 nitrogen and oxygen atoms in total. The third kappa shape index (κ3) is 3.20. The fourth-order valence-electron chi connectivity index (χ4n) is 3.30. The SMILES string of the molecule is CC(=O)C1=C(O)C(=O)N(CCN2CCOCC2)[C@H]1c1ccccc1. The first kappa shape index (κ1) is 16.7. The molecule has 0 aromatic heterocycles. The number of aliphatic hydroxyl groups excluding tert-OH is 1. The highest BCUT2D eigenvalue weighted by Gasteiger charge is 2.42. The molecule has 2 aliphatic heterocycles. The summed E-state index contributed by atoms with van der Waals surface area (Å²) < 4.78 is 5.33. The number of ketones is 1. The zero-order valence-corrected chi connectivity index (χ0v) is 13.8. The molecule has 0 unspecified atom stereocenters. The number of hydrogen-bond donors (Lipinski definition) is 1. The molecule has 0 bridgehead atoms. The highest BCUT2D eigenvalue weighted by atomic mass is 16.5. The van der Waals surface area contributed by atoms with Gasteiger partial charge in [0, 0.05) is 26.2 Å². The monoisotopic (exact) mass is 330 g/mol. The van der Waals surface area contributed by atoms with Crippen LogP contribution in [0.3, 0.4) is 0 Å². The third-order valence-electron chi connectivity index (χ3n) is 4.56. The molecular weight excluding hydrogens is 308 g/mol. The number of amides is 1. The maximum absolute atomic E-state index is 12.5. The van der Waals surface area contributed by atoms with E-state index in [9.17, 15) is 14.7 Å². The van der Waals surface area contributed by atoms with Gasteiger partial charge in [0.05, 0.1) is 24.8 Å². The molecule has 128 valence electrons. The van der Waals surface area contributed by atoms with Gasteiger partial charge in [-0.1, -0.05) is 30.3 Å². The van der Waals surface area contributed by atoms with Crippen LogP contribution in [-0.2, 0) is 14.3 Å². The highest BCUT2D eigenvalue weighted by molar-refractivity contribution is 6.08. The Morgan fingerprint density at radius 1 is 1.21 bits per heavy atom. The minimum absolute atomic E-state index is 0.188. The van der Waals surface area contributed by atoms with Gasteiger partial charge in [0.1, 0.15) is 0 Å². The Morgan fingerprint density at radius 2 is 1.88 bits per heavy atom. The van der Waals surface area contributed by atoms with Crippen molar-refractivity contribution in [3.8, 4) is 0 Å². The number of hydrogen-bond acceptors (Lipinski definition) is 5. The normalized spacial score (nSPS) is 22.3. The lowest BCUT2D eigenvalue weighted by molar-refractivity contribution is -0.129. The van der Waals surface area contributed by atoms with Gasteiger partial charge < -0.3 is 14.7 Å². The van der Waals surface area contributed by atoms with E-state index in [0.717, 1.165) is 18.7 Å². The summed E-state index contributed by atoms with van der Waals surface area (Å²) in [7, 11) is 0. The maximum Gasteiger partial charge on any atom is 0.290 e. The summed E-state index contributed by atoms with van der Waals surface area (Å²) in [5.74, 6) is -1.16. The largest absolute Gasteiger partial charge is 0.503 e. The Balaban J connectivity index is 1.83. The number of aliphatic hydroxyl groups is 1. The molecule has 0 radical (unpaired) electrons. The van der Waals surface area contributed by atoms with Crippen LogP contribution >= 0.6 is 0 Å². The average Bonchev–Trinajstić information content (AvgIpc) is 2.86. The van der Waals surface area contributed by atoms with E-state index in [2.05, 4.69) is 4.90 Å². The van der Waals surface area contributed by atoms with Crippen LogP contribution in [0.15, 0.2) is 41.7 Å². The van der Waals surface area contributed by atoms with Gasteiger partial charge in [-0.15, -0.1) is 0 Å². The van der Waals surface area contributed by atoms with E-state index in [1.54, 1.807) is 4.90 Å². The molecule has 0 saturated carbocycles. The van der Waals surface area contributed by atoms with Crippen molar-refractivity contribution in [1.82, 2.24) is 9.80 Å². The molecule has 2 aliphatic rings. The van der Waals surface area contributed by atoms with Crippen LogP contribution in [0.5, 0.6) is 0 Å². The van der Waals surface area contributed by atoms with Crippen molar-refractivity contribution >= 4 is 11.7 Å². The fourth-order valence-corrected chi connectivity index (χ4v) is 3.30.